The van der Waals surface area contributed by atoms with Gasteiger partial charge in [-0.15, -0.1) is 0 Å². The van der Waals surface area contributed by atoms with E-state index in [-0.39, 0.29) is 28.9 Å². The first-order chi connectivity index (χ1) is 22.7. The lowest BCUT2D eigenvalue weighted by atomic mass is 9.96. The van der Waals surface area contributed by atoms with Crippen LogP contribution in [0, 0.1) is 17.1 Å². The molecule has 12 heteroatoms. The van der Waals surface area contributed by atoms with Crippen LogP contribution in [0.1, 0.15) is 39.7 Å². The summed E-state index contributed by atoms with van der Waals surface area (Å²) in [5.74, 6) is 0.288. The number of nitrogen functional groups attached to an aromatic ring is 1. The number of aromatic nitrogens is 4. The molecule has 0 radical (unpaired) electrons. The van der Waals surface area contributed by atoms with Gasteiger partial charge in [-0.2, -0.15) is 10.4 Å². The number of nitrogens with zero attached hydrogens (tertiary/aromatic N) is 8. The first-order valence-corrected chi connectivity index (χ1v) is 16.1. The van der Waals surface area contributed by atoms with Crippen molar-refractivity contribution in [3.8, 4) is 28.8 Å². The van der Waals surface area contributed by atoms with Crippen LogP contribution in [0.4, 0.5) is 10.2 Å². The van der Waals surface area contributed by atoms with Gasteiger partial charge in [0, 0.05) is 56.4 Å². The van der Waals surface area contributed by atoms with E-state index in [9.17, 15) is 10.1 Å². The number of fused-ring (bicyclic) bond motifs is 1. The molecule has 0 saturated carbocycles. The molecular weight excluding hydrogens is 597 g/mol. The Morgan fingerprint density at radius 2 is 1.87 bits per heavy atom. The standard InChI is InChI=1S/C35H40FN9O2/c1-4-42-15-17-44(18-16-42)35(2,3)20-24(21-37)34(46)43-14-8-9-25(22-43)45-33-30(32(38)39-23-40-33)31(41-45)28-13-12-27(19-29(28)36)47-26-10-6-5-7-11-26/h5-7,10-13,19-20,23,25H,4,8-9,14-18,22H2,1-3H3,(H2,38,39,40). The molecule has 4 heterocycles. The first-order valence-electron chi connectivity index (χ1n) is 16.1. The van der Waals surface area contributed by atoms with Crippen molar-refractivity contribution in [1.29, 1.82) is 5.26 Å². The summed E-state index contributed by atoms with van der Waals surface area (Å²) >= 11 is 0. The summed E-state index contributed by atoms with van der Waals surface area (Å²) in [5, 5.41) is 15.4. The minimum Gasteiger partial charge on any atom is -0.457 e. The molecule has 1 atom stereocenters. The molecule has 2 N–H and O–H groups in total. The Bertz CT molecular complexity index is 1820. The average molecular weight is 638 g/mol. The van der Waals surface area contributed by atoms with Crippen molar-refractivity contribution in [1.82, 2.24) is 34.4 Å². The zero-order valence-corrected chi connectivity index (χ0v) is 27.1. The molecule has 4 aromatic rings. The topological polar surface area (TPSA) is 129 Å². The van der Waals surface area contributed by atoms with Crippen LogP contribution in [0.2, 0.25) is 0 Å². The highest BCUT2D eigenvalue weighted by Crippen LogP contribution is 2.36. The number of benzene rings is 2. The number of halogens is 1. The molecule has 2 fully saturated rings. The number of rotatable bonds is 8. The number of likely N-dealkylation sites (tertiary alicyclic amines) is 1. The summed E-state index contributed by atoms with van der Waals surface area (Å²) < 4.78 is 23.2. The third kappa shape index (κ3) is 6.68. The normalized spacial score (nSPS) is 18.3. The Hall–Kier alpha value is -4.86. The van der Waals surface area contributed by atoms with E-state index in [1.54, 1.807) is 33.8 Å². The molecule has 2 aromatic carbocycles. The van der Waals surface area contributed by atoms with E-state index in [1.807, 2.05) is 24.3 Å². The maximum Gasteiger partial charge on any atom is 0.264 e. The van der Waals surface area contributed by atoms with Crippen LogP contribution in [-0.2, 0) is 4.79 Å². The molecule has 1 unspecified atom stereocenters. The number of carbonyl (C=O) groups is 1. The number of carbonyl (C=O) groups excluding carboxylic acids is 1. The second-order valence-electron chi connectivity index (χ2n) is 12.6. The number of likely N-dealkylation sites (N-methyl/N-ethyl adjacent to an activating group) is 1. The van der Waals surface area contributed by atoms with Crippen LogP contribution in [0.3, 0.4) is 0 Å². The van der Waals surface area contributed by atoms with Gasteiger partial charge in [0.15, 0.2) is 5.65 Å². The third-order valence-corrected chi connectivity index (χ3v) is 9.21. The maximum absolute atomic E-state index is 15.6. The minimum atomic E-state index is -0.531. The Morgan fingerprint density at radius 1 is 1.11 bits per heavy atom. The van der Waals surface area contributed by atoms with E-state index >= 15 is 4.39 Å². The molecule has 11 nitrogen and oxygen atoms in total. The average Bonchev–Trinajstić information content (AvgIpc) is 3.48. The molecule has 0 spiro atoms. The number of nitrogens with two attached hydrogens (primary N) is 1. The number of piperazine rings is 1. The second kappa shape index (κ2) is 13.5. The molecular formula is C35H40FN9O2. The number of anilines is 1. The number of hydrogen-bond acceptors (Lipinski definition) is 9. The predicted octanol–water partition coefficient (Wildman–Crippen LogP) is 5.04. The summed E-state index contributed by atoms with van der Waals surface area (Å²) in [7, 11) is 0. The summed E-state index contributed by atoms with van der Waals surface area (Å²) in [4.78, 5) is 28.9. The SMILES string of the molecule is CCN1CCN(C(C)(C)C=C(C#N)C(=O)N2CCCC(n3nc(-c4ccc(Oc5ccccc5)cc4F)c4c(N)ncnc43)C2)CC1. The van der Waals surface area contributed by atoms with E-state index in [1.165, 1.54) is 12.4 Å². The largest absolute Gasteiger partial charge is 0.457 e. The van der Waals surface area contributed by atoms with Gasteiger partial charge in [0.1, 0.15) is 46.8 Å². The number of nitriles is 1. The van der Waals surface area contributed by atoms with Gasteiger partial charge in [0.25, 0.3) is 5.91 Å². The zero-order chi connectivity index (χ0) is 33.1. The van der Waals surface area contributed by atoms with Gasteiger partial charge in [-0.1, -0.05) is 25.1 Å². The van der Waals surface area contributed by atoms with Gasteiger partial charge in [-0.3, -0.25) is 9.69 Å². The van der Waals surface area contributed by atoms with Gasteiger partial charge in [-0.25, -0.2) is 19.0 Å². The van der Waals surface area contributed by atoms with Crippen LogP contribution < -0.4 is 10.5 Å². The summed E-state index contributed by atoms with van der Waals surface area (Å²) in [5.41, 5.74) is 7.00. The number of piperidine rings is 1. The van der Waals surface area contributed by atoms with Crippen molar-refractivity contribution in [2.24, 2.45) is 0 Å². The lowest BCUT2D eigenvalue weighted by Crippen LogP contribution is -2.54. The first kappa shape index (κ1) is 32.1. The number of para-hydroxylation sites is 1. The predicted molar refractivity (Wildman–Crippen MR) is 178 cm³/mol. The van der Waals surface area contributed by atoms with Gasteiger partial charge in [0.2, 0.25) is 0 Å². The quantitative estimate of drug-likeness (QED) is 0.209. The highest BCUT2D eigenvalue weighted by molar-refractivity contribution is 5.99. The van der Waals surface area contributed by atoms with Gasteiger partial charge < -0.3 is 20.3 Å². The molecule has 2 aliphatic heterocycles. The summed E-state index contributed by atoms with van der Waals surface area (Å²) in [6.07, 6.45) is 4.59. The monoisotopic (exact) mass is 637 g/mol. The van der Waals surface area contributed by atoms with Crippen molar-refractivity contribution < 1.29 is 13.9 Å². The molecule has 2 saturated heterocycles. The molecule has 2 aromatic heterocycles. The van der Waals surface area contributed by atoms with E-state index < -0.39 is 11.4 Å². The Morgan fingerprint density at radius 3 is 2.57 bits per heavy atom. The van der Waals surface area contributed by atoms with E-state index in [2.05, 4.69) is 46.6 Å². The molecule has 0 bridgehead atoms. The van der Waals surface area contributed by atoms with Gasteiger partial charge in [0.05, 0.1) is 11.4 Å². The van der Waals surface area contributed by atoms with Crippen molar-refractivity contribution in [2.75, 3.05) is 51.5 Å². The third-order valence-electron chi connectivity index (χ3n) is 9.21. The Labute approximate surface area is 274 Å². The summed E-state index contributed by atoms with van der Waals surface area (Å²) in [6.45, 7) is 11.8. The zero-order valence-electron chi connectivity index (χ0n) is 27.1. The molecule has 0 aliphatic carbocycles. The molecule has 2 aliphatic rings. The van der Waals surface area contributed by atoms with Crippen molar-refractivity contribution in [3.63, 3.8) is 0 Å². The van der Waals surface area contributed by atoms with Crippen LogP contribution in [0.5, 0.6) is 11.5 Å². The van der Waals surface area contributed by atoms with Crippen LogP contribution in [-0.4, -0.2) is 91.7 Å². The number of amides is 1. The Kier molecular flexibility index (Phi) is 9.20. The number of ether oxygens (including phenoxy) is 1. The maximum atomic E-state index is 15.6. The second-order valence-corrected chi connectivity index (χ2v) is 12.6. The van der Waals surface area contributed by atoms with E-state index in [0.29, 0.717) is 47.7 Å². The van der Waals surface area contributed by atoms with E-state index in [4.69, 9.17) is 15.6 Å². The van der Waals surface area contributed by atoms with Crippen LogP contribution in [0.15, 0.2) is 66.5 Å². The van der Waals surface area contributed by atoms with Crippen molar-refractivity contribution >= 4 is 22.8 Å². The molecule has 47 heavy (non-hydrogen) atoms. The van der Waals surface area contributed by atoms with Gasteiger partial charge >= 0.3 is 0 Å². The van der Waals surface area contributed by atoms with Gasteiger partial charge in [-0.05, 0) is 63.6 Å². The highest BCUT2D eigenvalue weighted by atomic mass is 19.1. The number of hydrogen-bond donors (Lipinski definition) is 1. The lowest BCUT2D eigenvalue weighted by molar-refractivity contribution is -0.128. The smallest absolute Gasteiger partial charge is 0.264 e. The Balaban J connectivity index is 1.26. The molecule has 6 rings (SSSR count). The van der Waals surface area contributed by atoms with E-state index in [0.717, 1.165) is 39.1 Å². The fraction of sp³-hybridized carbons (Fsp3) is 0.400. The summed E-state index contributed by atoms with van der Waals surface area (Å²) in [6, 6.07) is 15.7. The van der Waals surface area contributed by atoms with Crippen LogP contribution in [0.25, 0.3) is 22.3 Å². The lowest BCUT2D eigenvalue weighted by Gasteiger charge is -2.42. The fourth-order valence-corrected chi connectivity index (χ4v) is 6.55. The van der Waals surface area contributed by atoms with Crippen LogP contribution >= 0.6 is 0 Å². The minimum absolute atomic E-state index is 0.131. The molecule has 1 amide bonds. The highest BCUT2D eigenvalue weighted by Gasteiger charge is 2.33. The molecule has 244 valence electrons. The van der Waals surface area contributed by atoms with Crippen molar-refractivity contribution in [3.05, 3.63) is 72.3 Å². The fourth-order valence-electron chi connectivity index (χ4n) is 6.55. The van der Waals surface area contributed by atoms with Crippen molar-refractivity contribution in [2.45, 2.75) is 45.2 Å².